The maximum Gasteiger partial charge on any atom is 0.252 e. The Balaban J connectivity index is 0.00000176. The first kappa shape index (κ1) is 28.0. The summed E-state index contributed by atoms with van der Waals surface area (Å²) in [6, 6.07) is 19.2. The number of hydrogen-bond acceptors (Lipinski definition) is 4. The lowest BCUT2D eigenvalue weighted by Crippen LogP contribution is -2.26. The maximum absolute atomic E-state index is 12.7. The predicted octanol–water partition coefficient (Wildman–Crippen LogP) is 6.84. The third-order valence-corrected chi connectivity index (χ3v) is 6.62. The van der Waals surface area contributed by atoms with Crippen molar-refractivity contribution in [2.45, 2.75) is 39.0 Å². The van der Waals surface area contributed by atoms with Crippen molar-refractivity contribution >= 4 is 29.1 Å². The fourth-order valence-electron chi connectivity index (χ4n) is 4.23. The Hall–Kier alpha value is -2.60. The van der Waals surface area contributed by atoms with Gasteiger partial charge in [-0.2, -0.15) is 0 Å². The standard InChI is InChI=1S/C27H29Cl2N3O2.C2H6/c28-23-8-3-20(4-9-23)25(21-5-10-24(29)11-6-21)13-14-30-27(33)22-7-12-26(31-19-22)34-18-17-32-15-1-2-16-32;1-2/h3-12,19,25H,1-2,13-18H2,(H,30,33);1-2H3. The van der Waals surface area contributed by atoms with Crippen LogP contribution < -0.4 is 10.1 Å². The Labute approximate surface area is 224 Å². The van der Waals surface area contributed by atoms with E-state index in [4.69, 9.17) is 27.9 Å². The number of nitrogens with one attached hydrogen (secondary N) is 1. The van der Waals surface area contributed by atoms with Crippen LogP contribution in [0.15, 0.2) is 66.9 Å². The van der Waals surface area contributed by atoms with Gasteiger partial charge in [-0.1, -0.05) is 61.3 Å². The summed E-state index contributed by atoms with van der Waals surface area (Å²) in [5, 5.41) is 4.41. The molecule has 5 nitrogen and oxygen atoms in total. The van der Waals surface area contributed by atoms with E-state index in [9.17, 15) is 4.79 Å². The summed E-state index contributed by atoms with van der Waals surface area (Å²) < 4.78 is 5.73. The van der Waals surface area contributed by atoms with Gasteiger partial charge < -0.3 is 10.1 Å². The molecule has 0 radical (unpaired) electrons. The minimum absolute atomic E-state index is 0.111. The van der Waals surface area contributed by atoms with Gasteiger partial charge in [0.1, 0.15) is 6.61 Å². The van der Waals surface area contributed by atoms with E-state index >= 15 is 0 Å². The van der Waals surface area contributed by atoms with Crippen molar-refractivity contribution in [3.8, 4) is 5.88 Å². The molecule has 0 atom stereocenters. The molecule has 36 heavy (non-hydrogen) atoms. The Bertz CT molecular complexity index is 1010. The molecule has 4 rings (SSSR count). The van der Waals surface area contributed by atoms with E-state index in [1.807, 2.05) is 62.4 Å². The second-order valence-electron chi connectivity index (χ2n) is 8.48. The fourth-order valence-corrected chi connectivity index (χ4v) is 4.49. The molecule has 0 saturated carbocycles. The van der Waals surface area contributed by atoms with Gasteiger partial charge in [-0.05, 0) is 73.8 Å². The summed E-state index contributed by atoms with van der Waals surface area (Å²) in [6.45, 7) is 8.32. The van der Waals surface area contributed by atoms with Gasteiger partial charge in [0.05, 0.1) is 5.56 Å². The molecule has 2 heterocycles. The molecule has 1 aliphatic heterocycles. The van der Waals surface area contributed by atoms with E-state index < -0.39 is 0 Å². The van der Waals surface area contributed by atoms with Crippen LogP contribution in [0.4, 0.5) is 0 Å². The van der Waals surface area contributed by atoms with E-state index in [2.05, 4.69) is 15.2 Å². The van der Waals surface area contributed by atoms with Crippen molar-refractivity contribution in [2.24, 2.45) is 0 Å². The largest absolute Gasteiger partial charge is 0.476 e. The number of aromatic nitrogens is 1. The van der Waals surface area contributed by atoms with E-state index in [1.165, 1.54) is 12.8 Å². The molecule has 1 N–H and O–H groups in total. The Morgan fingerprint density at radius 3 is 2.06 bits per heavy atom. The number of pyridine rings is 1. The normalized spacial score (nSPS) is 13.2. The summed E-state index contributed by atoms with van der Waals surface area (Å²) in [5.74, 6) is 0.503. The van der Waals surface area contributed by atoms with Gasteiger partial charge in [0, 0.05) is 41.3 Å². The maximum atomic E-state index is 12.7. The molecule has 3 aromatic rings. The first-order chi connectivity index (χ1) is 17.6. The van der Waals surface area contributed by atoms with E-state index in [0.29, 0.717) is 34.6 Å². The number of benzene rings is 2. The van der Waals surface area contributed by atoms with Crippen LogP contribution in [-0.4, -0.2) is 48.6 Å². The third-order valence-electron chi connectivity index (χ3n) is 6.12. The molecular weight excluding hydrogens is 493 g/mol. The summed E-state index contributed by atoms with van der Waals surface area (Å²) in [7, 11) is 0. The van der Waals surface area contributed by atoms with Crippen LogP contribution in [0.3, 0.4) is 0 Å². The number of carbonyl (C=O) groups is 1. The topological polar surface area (TPSA) is 54.5 Å². The van der Waals surface area contributed by atoms with E-state index in [0.717, 1.165) is 37.2 Å². The number of hydrogen-bond donors (Lipinski definition) is 1. The molecule has 192 valence electrons. The van der Waals surface area contributed by atoms with Gasteiger partial charge in [-0.15, -0.1) is 0 Å². The zero-order valence-corrected chi connectivity index (χ0v) is 22.6. The third kappa shape index (κ3) is 8.51. The van der Waals surface area contributed by atoms with Gasteiger partial charge in [-0.25, -0.2) is 4.98 Å². The molecule has 2 aromatic carbocycles. The minimum Gasteiger partial charge on any atom is -0.476 e. The molecule has 1 saturated heterocycles. The van der Waals surface area contributed by atoms with Crippen molar-refractivity contribution in [3.63, 3.8) is 0 Å². The number of likely N-dealkylation sites (tertiary alicyclic amines) is 1. The molecule has 0 aliphatic carbocycles. The highest BCUT2D eigenvalue weighted by Gasteiger charge is 2.16. The second-order valence-corrected chi connectivity index (χ2v) is 9.36. The summed E-state index contributed by atoms with van der Waals surface area (Å²) in [6.07, 6.45) is 4.83. The average Bonchev–Trinajstić information content (AvgIpc) is 3.43. The minimum atomic E-state index is -0.151. The lowest BCUT2D eigenvalue weighted by atomic mass is 9.88. The molecule has 0 spiro atoms. The summed E-state index contributed by atoms with van der Waals surface area (Å²) in [5.41, 5.74) is 2.79. The molecular formula is C29H35Cl2N3O2. The van der Waals surface area contributed by atoms with Crippen LogP contribution in [0.25, 0.3) is 0 Å². The quantitative estimate of drug-likeness (QED) is 0.313. The van der Waals surface area contributed by atoms with Crippen molar-refractivity contribution in [3.05, 3.63) is 93.6 Å². The zero-order chi connectivity index (χ0) is 25.8. The molecule has 0 bridgehead atoms. The van der Waals surface area contributed by atoms with Crippen molar-refractivity contribution in [1.29, 1.82) is 0 Å². The second kappa shape index (κ2) is 14.8. The first-order valence-electron chi connectivity index (χ1n) is 12.7. The average molecular weight is 529 g/mol. The van der Waals surface area contributed by atoms with E-state index in [1.54, 1.807) is 18.3 Å². The summed E-state index contributed by atoms with van der Waals surface area (Å²) >= 11 is 12.1. The van der Waals surface area contributed by atoms with Gasteiger partial charge in [-0.3, -0.25) is 9.69 Å². The fraction of sp³-hybridized carbons (Fsp3) is 0.379. The number of rotatable bonds is 10. The number of halogens is 2. The smallest absolute Gasteiger partial charge is 0.252 e. The van der Waals surface area contributed by atoms with Crippen LogP contribution in [0.5, 0.6) is 5.88 Å². The van der Waals surface area contributed by atoms with Gasteiger partial charge >= 0.3 is 0 Å². The Kier molecular flexibility index (Phi) is 11.5. The highest BCUT2D eigenvalue weighted by molar-refractivity contribution is 6.30. The number of carbonyl (C=O) groups excluding carboxylic acids is 1. The molecule has 1 aliphatic rings. The molecule has 1 aromatic heterocycles. The highest BCUT2D eigenvalue weighted by atomic mass is 35.5. The lowest BCUT2D eigenvalue weighted by molar-refractivity contribution is 0.0952. The molecule has 0 unspecified atom stereocenters. The van der Waals surface area contributed by atoms with Crippen molar-refractivity contribution in [2.75, 3.05) is 32.8 Å². The number of amides is 1. The Morgan fingerprint density at radius 1 is 0.944 bits per heavy atom. The number of nitrogens with zero attached hydrogens (tertiary/aromatic N) is 2. The van der Waals surface area contributed by atoms with Crippen molar-refractivity contribution < 1.29 is 9.53 Å². The highest BCUT2D eigenvalue weighted by Crippen LogP contribution is 2.29. The number of ether oxygens (including phenoxy) is 1. The summed E-state index contributed by atoms with van der Waals surface area (Å²) in [4.78, 5) is 19.3. The predicted molar refractivity (Wildman–Crippen MR) is 148 cm³/mol. The molecule has 1 amide bonds. The van der Waals surface area contributed by atoms with Crippen LogP contribution in [-0.2, 0) is 0 Å². The van der Waals surface area contributed by atoms with Crippen molar-refractivity contribution in [1.82, 2.24) is 15.2 Å². The van der Waals surface area contributed by atoms with Crippen LogP contribution in [0.2, 0.25) is 10.0 Å². The van der Waals surface area contributed by atoms with Crippen LogP contribution >= 0.6 is 23.2 Å². The van der Waals surface area contributed by atoms with Gasteiger partial charge in [0.25, 0.3) is 5.91 Å². The van der Waals surface area contributed by atoms with Crippen LogP contribution in [0.1, 0.15) is 60.5 Å². The van der Waals surface area contributed by atoms with Gasteiger partial charge in [0.2, 0.25) is 5.88 Å². The Morgan fingerprint density at radius 2 is 1.53 bits per heavy atom. The molecule has 7 heteroatoms. The lowest BCUT2D eigenvalue weighted by Gasteiger charge is -2.19. The molecule has 1 fully saturated rings. The SMILES string of the molecule is CC.O=C(NCCC(c1ccc(Cl)cc1)c1ccc(Cl)cc1)c1ccc(OCCN2CCCC2)nc1. The van der Waals surface area contributed by atoms with Gasteiger partial charge in [0.15, 0.2) is 0 Å². The van der Waals surface area contributed by atoms with Crippen LogP contribution in [0, 0.1) is 0 Å². The van der Waals surface area contributed by atoms with E-state index in [-0.39, 0.29) is 11.8 Å². The monoisotopic (exact) mass is 527 g/mol. The first-order valence-corrected chi connectivity index (χ1v) is 13.4. The zero-order valence-electron chi connectivity index (χ0n) is 21.1.